The lowest BCUT2D eigenvalue weighted by atomic mass is 10.1. The van der Waals surface area contributed by atoms with Gasteiger partial charge in [0, 0.05) is 56.0 Å². The van der Waals surface area contributed by atoms with Crippen molar-refractivity contribution in [3.8, 4) is 0 Å². The smallest absolute Gasteiger partial charge is 0.312 e. The maximum absolute atomic E-state index is 12.4. The van der Waals surface area contributed by atoms with Gasteiger partial charge >= 0.3 is 11.8 Å². The summed E-state index contributed by atoms with van der Waals surface area (Å²) in [5.74, 6) is -0.0940. The molecule has 2 aromatic heterocycles. The van der Waals surface area contributed by atoms with E-state index in [9.17, 15) is 9.59 Å². The molecule has 3 aromatic rings. The van der Waals surface area contributed by atoms with Crippen LogP contribution in [0.1, 0.15) is 5.56 Å². The number of fused-ring (bicyclic) bond motifs is 1. The van der Waals surface area contributed by atoms with E-state index in [1.807, 2.05) is 42.6 Å². The molecule has 1 aromatic carbocycles. The van der Waals surface area contributed by atoms with Gasteiger partial charge in [-0.15, -0.1) is 0 Å². The maximum Gasteiger partial charge on any atom is 0.312 e. The number of rotatable bonds is 4. The molecule has 7 nitrogen and oxygen atoms in total. The average molecular weight is 377 g/mol. The zero-order valence-electron chi connectivity index (χ0n) is 15.6. The first-order valence-electron chi connectivity index (χ1n) is 9.50. The van der Waals surface area contributed by atoms with Crippen LogP contribution in [0.2, 0.25) is 0 Å². The van der Waals surface area contributed by atoms with Gasteiger partial charge in [0.05, 0.1) is 0 Å². The lowest BCUT2D eigenvalue weighted by Crippen LogP contribution is -2.53. The van der Waals surface area contributed by atoms with Crippen LogP contribution in [0.5, 0.6) is 0 Å². The fourth-order valence-electron chi connectivity index (χ4n) is 3.55. The Labute approximate surface area is 163 Å². The molecule has 2 amide bonds. The van der Waals surface area contributed by atoms with Crippen molar-refractivity contribution in [3.63, 3.8) is 0 Å². The number of amides is 2. The van der Waals surface area contributed by atoms with Crippen LogP contribution in [-0.4, -0.2) is 59.4 Å². The monoisotopic (exact) mass is 377 g/mol. The van der Waals surface area contributed by atoms with Gasteiger partial charge in [-0.2, -0.15) is 0 Å². The molecule has 0 bridgehead atoms. The Kier molecular flexibility index (Phi) is 5.23. The number of pyridine rings is 1. The molecule has 7 heteroatoms. The summed E-state index contributed by atoms with van der Waals surface area (Å²) in [5, 5.41) is 3.90. The van der Waals surface area contributed by atoms with Gasteiger partial charge in [0.25, 0.3) is 0 Å². The highest BCUT2D eigenvalue weighted by Crippen LogP contribution is 2.17. The van der Waals surface area contributed by atoms with Crippen LogP contribution in [0, 0.1) is 0 Å². The average Bonchev–Trinajstić information content (AvgIpc) is 3.17. The van der Waals surface area contributed by atoms with Crippen molar-refractivity contribution in [1.82, 2.24) is 20.2 Å². The van der Waals surface area contributed by atoms with Crippen molar-refractivity contribution in [2.45, 2.75) is 6.42 Å². The lowest BCUT2D eigenvalue weighted by molar-refractivity contribution is -0.146. The van der Waals surface area contributed by atoms with Gasteiger partial charge in [0.2, 0.25) is 0 Å². The summed E-state index contributed by atoms with van der Waals surface area (Å²) < 4.78 is 0. The number of aromatic amines is 1. The second kappa shape index (κ2) is 8.12. The molecular formula is C21H23N5O2. The molecule has 1 aliphatic heterocycles. The van der Waals surface area contributed by atoms with Crippen molar-refractivity contribution < 1.29 is 9.59 Å². The number of carbonyl (C=O) groups excluding carboxylic acids is 2. The molecule has 144 valence electrons. The molecule has 0 atom stereocenters. The van der Waals surface area contributed by atoms with E-state index in [2.05, 4.69) is 26.3 Å². The third kappa shape index (κ3) is 3.83. The Bertz CT molecular complexity index is 961. The first kappa shape index (κ1) is 18.0. The number of hydrogen-bond donors (Lipinski definition) is 2. The quantitative estimate of drug-likeness (QED) is 0.677. The molecule has 0 aliphatic carbocycles. The number of para-hydroxylation sites is 1. The molecule has 1 saturated heterocycles. The summed E-state index contributed by atoms with van der Waals surface area (Å²) in [7, 11) is 0. The number of hydrogen-bond acceptors (Lipinski definition) is 4. The van der Waals surface area contributed by atoms with Crippen molar-refractivity contribution >= 4 is 28.5 Å². The number of H-pyrrole nitrogens is 1. The van der Waals surface area contributed by atoms with E-state index in [0.29, 0.717) is 39.1 Å². The van der Waals surface area contributed by atoms with Crippen molar-refractivity contribution in [1.29, 1.82) is 0 Å². The minimum Gasteiger partial charge on any atom is -0.361 e. The van der Waals surface area contributed by atoms with Gasteiger partial charge < -0.3 is 20.1 Å². The molecule has 0 radical (unpaired) electrons. The van der Waals surface area contributed by atoms with Gasteiger partial charge in [-0.3, -0.25) is 9.59 Å². The van der Waals surface area contributed by atoms with Crippen molar-refractivity contribution in [3.05, 3.63) is 60.4 Å². The number of carbonyl (C=O) groups is 2. The number of benzene rings is 1. The van der Waals surface area contributed by atoms with E-state index in [4.69, 9.17) is 0 Å². The van der Waals surface area contributed by atoms with Crippen LogP contribution in [0.3, 0.4) is 0 Å². The van der Waals surface area contributed by atoms with E-state index in [1.165, 1.54) is 0 Å². The summed E-state index contributed by atoms with van der Waals surface area (Å²) in [6, 6.07) is 13.8. The van der Waals surface area contributed by atoms with Crippen LogP contribution < -0.4 is 10.2 Å². The Morgan fingerprint density at radius 2 is 1.82 bits per heavy atom. The summed E-state index contributed by atoms with van der Waals surface area (Å²) >= 11 is 0. The zero-order valence-corrected chi connectivity index (χ0v) is 15.6. The number of anilines is 1. The highest BCUT2D eigenvalue weighted by atomic mass is 16.2. The number of aromatic nitrogens is 2. The van der Waals surface area contributed by atoms with Crippen molar-refractivity contribution in [2.75, 3.05) is 37.6 Å². The molecule has 28 heavy (non-hydrogen) atoms. The highest BCUT2D eigenvalue weighted by molar-refractivity contribution is 6.35. The second-order valence-corrected chi connectivity index (χ2v) is 6.83. The highest BCUT2D eigenvalue weighted by Gasteiger charge is 2.26. The van der Waals surface area contributed by atoms with E-state index >= 15 is 0 Å². The summed E-state index contributed by atoms with van der Waals surface area (Å²) in [6.07, 6.45) is 4.39. The number of piperazine rings is 1. The van der Waals surface area contributed by atoms with Crippen LogP contribution in [0.25, 0.3) is 10.9 Å². The standard InChI is InChI=1S/C21H23N5O2/c27-20(23-10-8-16-15-24-18-6-2-1-5-17(16)18)21(28)26-13-11-25(12-14-26)19-7-3-4-9-22-19/h1-7,9,15,24H,8,10-14H2,(H,23,27). The van der Waals surface area contributed by atoms with Crippen molar-refractivity contribution in [2.24, 2.45) is 0 Å². The van der Waals surface area contributed by atoms with E-state index in [0.717, 1.165) is 22.3 Å². The normalized spacial score (nSPS) is 14.3. The maximum atomic E-state index is 12.4. The summed E-state index contributed by atoms with van der Waals surface area (Å²) in [4.78, 5) is 36.0. The van der Waals surface area contributed by atoms with E-state index in [-0.39, 0.29) is 0 Å². The molecule has 1 fully saturated rings. The first-order chi connectivity index (χ1) is 13.7. The molecule has 3 heterocycles. The van der Waals surface area contributed by atoms with Crippen LogP contribution in [0.15, 0.2) is 54.9 Å². The zero-order chi connectivity index (χ0) is 19.3. The Morgan fingerprint density at radius 3 is 2.61 bits per heavy atom. The molecule has 0 saturated carbocycles. The topological polar surface area (TPSA) is 81.3 Å². The van der Waals surface area contributed by atoms with E-state index in [1.54, 1.807) is 11.1 Å². The summed E-state index contributed by atoms with van der Waals surface area (Å²) in [5.41, 5.74) is 2.21. The predicted molar refractivity (Wildman–Crippen MR) is 108 cm³/mol. The molecule has 0 unspecified atom stereocenters. The third-order valence-corrected chi connectivity index (χ3v) is 5.09. The Morgan fingerprint density at radius 1 is 1.04 bits per heavy atom. The van der Waals surface area contributed by atoms with E-state index < -0.39 is 11.8 Å². The molecule has 4 rings (SSSR count). The molecule has 1 aliphatic rings. The van der Waals surface area contributed by atoms with Gasteiger partial charge in [-0.05, 0) is 30.2 Å². The largest absolute Gasteiger partial charge is 0.361 e. The SMILES string of the molecule is O=C(NCCc1c[nH]c2ccccc12)C(=O)N1CCN(c2ccccn2)CC1. The summed E-state index contributed by atoms with van der Waals surface area (Å²) in [6.45, 7) is 2.81. The fourth-order valence-corrected chi connectivity index (χ4v) is 3.55. The fraction of sp³-hybridized carbons (Fsp3) is 0.286. The van der Waals surface area contributed by atoms with Gasteiger partial charge in [0.1, 0.15) is 5.82 Å². The number of nitrogens with one attached hydrogen (secondary N) is 2. The molecule has 2 N–H and O–H groups in total. The Balaban J connectivity index is 1.25. The minimum atomic E-state index is -0.536. The first-order valence-corrected chi connectivity index (χ1v) is 9.50. The van der Waals surface area contributed by atoms with Gasteiger partial charge in [0.15, 0.2) is 0 Å². The van der Waals surface area contributed by atoms with Gasteiger partial charge in [-0.25, -0.2) is 4.98 Å². The van der Waals surface area contributed by atoms with Crippen LogP contribution >= 0.6 is 0 Å². The second-order valence-electron chi connectivity index (χ2n) is 6.83. The van der Waals surface area contributed by atoms with Crippen LogP contribution in [-0.2, 0) is 16.0 Å². The van der Waals surface area contributed by atoms with Crippen LogP contribution in [0.4, 0.5) is 5.82 Å². The predicted octanol–water partition coefficient (Wildman–Crippen LogP) is 1.57. The minimum absolute atomic E-state index is 0.431. The number of nitrogens with zero attached hydrogens (tertiary/aromatic N) is 3. The third-order valence-electron chi connectivity index (χ3n) is 5.09. The molecular weight excluding hydrogens is 354 g/mol. The Hall–Kier alpha value is -3.35. The molecule has 0 spiro atoms. The van der Waals surface area contributed by atoms with Gasteiger partial charge in [-0.1, -0.05) is 24.3 Å². The lowest BCUT2D eigenvalue weighted by Gasteiger charge is -2.34.